The summed E-state index contributed by atoms with van der Waals surface area (Å²) < 4.78 is 5.52. The van der Waals surface area contributed by atoms with Gasteiger partial charge in [0.25, 0.3) is 5.91 Å². The number of hydrogen-bond acceptors (Lipinski definition) is 5. The molecular weight excluding hydrogens is 348 g/mol. The minimum atomic E-state index is -0.593. The molecule has 0 atom stereocenters. The standard InChI is InChI=1S/C17H15ClN2O3S/c1-12-3-5-13(6-4-12)20(10-2-9-19)16(21)11-23-17(22)14-7-8-15(18)24-14/h3-8H,2,10-11H2,1H3. The molecule has 7 heteroatoms. The van der Waals surface area contributed by atoms with E-state index < -0.39 is 12.6 Å². The van der Waals surface area contributed by atoms with Crippen molar-refractivity contribution < 1.29 is 14.3 Å². The van der Waals surface area contributed by atoms with Gasteiger partial charge >= 0.3 is 5.97 Å². The first kappa shape index (κ1) is 18.0. The maximum Gasteiger partial charge on any atom is 0.348 e. The number of hydrogen-bond donors (Lipinski definition) is 0. The van der Waals surface area contributed by atoms with Crippen LogP contribution in [-0.2, 0) is 9.53 Å². The van der Waals surface area contributed by atoms with Crippen LogP contribution in [0.1, 0.15) is 21.7 Å². The largest absolute Gasteiger partial charge is 0.451 e. The molecule has 5 nitrogen and oxygen atoms in total. The van der Waals surface area contributed by atoms with E-state index in [-0.39, 0.29) is 18.9 Å². The zero-order valence-corrected chi connectivity index (χ0v) is 14.6. The van der Waals surface area contributed by atoms with E-state index in [1.165, 1.54) is 4.90 Å². The first-order valence-electron chi connectivity index (χ1n) is 7.17. The van der Waals surface area contributed by atoms with Crippen LogP contribution in [0.5, 0.6) is 0 Å². The quantitative estimate of drug-likeness (QED) is 0.732. The summed E-state index contributed by atoms with van der Waals surface area (Å²) in [5.41, 5.74) is 1.73. The second-order valence-corrected chi connectivity index (χ2v) is 6.68. The summed E-state index contributed by atoms with van der Waals surface area (Å²) in [7, 11) is 0. The Balaban J connectivity index is 2.03. The fraction of sp³-hybridized carbons (Fsp3) is 0.235. The first-order chi connectivity index (χ1) is 11.5. The van der Waals surface area contributed by atoms with Crippen LogP contribution in [0, 0.1) is 18.3 Å². The van der Waals surface area contributed by atoms with Gasteiger partial charge in [-0.3, -0.25) is 4.79 Å². The second kappa shape index (κ2) is 8.48. The topological polar surface area (TPSA) is 70.4 Å². The van der Waals surface area contributed by atoms with Crippen LogP contribution in [0.4, 0.5) is 5.69 Å². The fourth-order valence-corrected chi connectivity index (χ4v) is 2.92. The van der Waals surface area contributed by atoms with Gasteiger partial charge in [-0.1, -0.05) is 29.3 Å². The highest BCUT2D eigenvalue weighted by Gasteiger charge is 2.18. The summed E-state index contributed by atoms with van der Waals surface area (Å²) in [6.07, 6.45) is 0.189. The predicted molar refractivity (Wildman–Crippen MR) is 93.4 cm³/mol. The molecule has 0 bridgehead atoms. The van der Waals surface area contributed by atoms with Gasteiger partial charge in [0, 0.05) is 12.2 Å². The van der Waals surface area contributed by atoms with E-state index in [2.05, 4.69) is 0 Å². The number of amides is 1. The Morgan fingerprint density at radius 2 is 1.96 bits per heavy atom. The van der Waals surface area contributed by atoms with E-state index >= 15 is 0 Å². The molecule has 2 rings (SSSR count). The molecule has 0 spiro atoms. The van der Waals surface area contributed by atoms with Crippen LogP contribution < -0.4 is 4.90 Å². The number of ether oxygens (including phenoxy) is 1. The van der Waals surface area contributed by atoms with E-state index in [9.17, 15) is 9.59 Å². The van der Waals surface area contributed by atoms with Gasteiger partial charge in [-0.05, 0) is 31.2 Å². The summed E-state index contributed by atoms with van der Waals surface area (Å²) in [5, 5.41) is 8.77. The normalized spacial score (nSPS) is 10.0. The number of nitriles is 1. The molecular formula is C17H15ClN2O3S. The minimum absolute atomic E-state index is 0.189. The third kappa shape index (κ3) is 4.82. The predicted octanol–water partition coefficient (Wildman–Crippen LogP) is 3.81. The number of thiophene rings is 1. The third-order valence-corrected chi connectivity index (χ3v) is 4.41. The van der Waals surface area contributed by atoms with Crippen LogP contribution in [0.2, 0.25) is 4.34 Å². The highest BCUT2D eigenvalue weighted by atomic mass is 35.5. The average molecular weight is 363 g/mol. The number of nitrogens with zero attached hydrogens (tertiary/aromatic N) is 2. The summed E-state index contributed by atoms with van der Waals surface area (Å²) in [5.74, 6) is -0.977. The SMILES string of the molecule is Cc1ccc(N(CCC#N)C(=O)COC(=O)c2ccc(Cl)s2)cc1. The smallest absolute Gasteiger partial charge is 0.348 e. The van der Waals surface area contributed by atoms with E-state index in [0.717, 1.165) is 16.9 Å². The van der Waals surface area contributed by atoms with Gasteiger partial charge in [-0.15, -0.1) is 11.3 Å². The average Bonchev–Trinajstić information content (AvgIpc) is 3.01. The van der Waals surface area contributed by atoms with Gasteiger partial charge in [-0.2, -0.15) is 5.26 Å². The lowest BCUT2D eigenvalue weighted by Crippen LogP contribution is -2.35. The van der Waals surface area contributed by atoms with Crippen molar-refractivity contribution in [3.05, 3.63) is 51.2 Å². The number of halogens is 1. The number of carbonyl (C=O) groups is 2. The molecule has 0 radical (unpaired) electrons. The maximum atomic E-state index is 12.4. The van der Waals surface area contributed by atoms with Crippen molar-refractivity contribution in [1.82, 2.24) is 0 Å². The lowest BCUT2D eigenvalue weighted by atomic mass is 10.2. The van der Waals surface area contributed by atoms with Crippen LogP contribution in [0.15, 0.2) is 36.4 Å². The molecule has 0 aliphatic heterocycles. The van der Waals surface area contributed by atoms with E-state index in [1.54, 1.807) is 24.3 Å². The van der Waals surface area contributed by atoms with E-state index in [4.69, 9.17) is 21.6 Å². The van der Waals surface area contributed by atoms with Gasteiger partial charge in [0.05, 0.1) is 16.8 Å². The Morgan fingerprint density at radius 1 is 1.25 bits per heavy atom. The van der Waals surface area contributed by atoms with Gasteiger partial charge in [0.2, 0.25) is 0 Å². The molecule has 0 fully saturated rings. The number of esters is 1. The molecule has 124 valence electrons. The molecule has 24 heavy (non-hydrogen) atoms. The molecule has 1 aromatic heterocycles. The molecule has 0 N–H and O–H groups in total. The van der Waals surface area contributed by atoms with Crippen molar-refractivity contribution in [2.45, 2.75) is 13.3 Å². The Labute approximate surface area is 149 Å². The molecule has 0 aliphatic carbocycles. The third-order valence-electron chi connectivity index (χ3n) is 3.20. The van der Waals surface area contributed by atoms with Crippen LogP contribution >= 0.6 is 22.9 Å². The molecule has 1 amide bonds. The van der Waals surface area contributed by atoms with Crippen molar-refractivity contribution in [2.75, 3.05) is 18.1 Å². The Hall–Kier alpha value is -2.36. The zero-order valence-electron chi connectivity index (χ0n) is 13.0. The molecule has 0 unspecified atom stereocenters. The Bertz CT molecular complexity index is 765. The Kier molecular flexibility index (Phi) is 6.36. The van der Waals surface area contributed by atoms with Crippen molar-refractivity contribution >= 4 is 40.5 Å². The number of carbonyl (C=O) groups excluding carboxylic acids is 2. The molecule has 1 aromatic carbocycles. The molecule has 2 aromatic rings. The van der Waals surface area contributed by atoms with Crippen molar-refractivity contribution in [1.29, 1.82) is 5.26 Å². The highest BCUT2D eigenvalue weighted by Crippen LogP contribution is 2.22. The lowest BCUT2D eigenvalue weighted by Gasteiger charge is -2.21. The second-order valence-electron chi connectivity index (χ2n) is 4.97. The molecule has 0 saturated heterocycles. The number of benzene rings is 1. The van der Waals surface area contributed by atoms with Crippen LogP contribution in [-0.4, -0.2) is 25.0 Å². The summed E-state index contributed by atoms with van der Waals surface area (Å²) in [6.45, 7) is 1.79. The van der Waals surface area contributed by atoms with E-state index in [0.29, 0.717) is 14.9 Å². The molecule has 0 saturated carbocycles. The Morgan fingerprint density at radius 3 is 2.54 bits per heavy atom. The van der Waals surface area contributed by atoms with Gasteiger partial charge in [-0.25, -0.2) is 4.79 Å². The van der Waals surface area contributed by atoms with Crippen LogP contribution in [0.25, 0.3) is 0 Å². The maximum absolute atomic E-state index is 12.4. The number of aryl methyl sites for hydroxylation is 1. The minimum Gasteiger partial charge on any atom is -0.451 e. The van der Waals surface area contributed by atoms with Crippen LogP contribution in [0.3, 0.4) is 0 Å². The molecule has 0 aliphatic rings. The fourth-order valence-electron chi connectivity index (χ4n) is 1.98. The monoisotopic (exact) mass is 362 g/mol. The lowest BCUT2D eigenvalue weighted by molar-refractivity contribution is -0.121. The summed E-state index contributed by atoms with van der Waals surface area (Å²) >= 11 is 6.86. The zero-order chi connectivity index (χ0) is 17.5. The van der Waals surface area contributed by atoms with Crippen molar-refractivity contribution in [3.8, 4) is 6.07 Å². The van der Waals surface area contributed by atoms with Gasteiger partial charge in [0.15, 0.2) is 6.61 Å². The number of rotatable bonds is 6. The van der Waals surface area contributed by atoms with Crippen molar-refractivity contribution in [2.24, 2.45) is 0 Å². The van der Waals surface area contributed by atoms with Gasteiger partial charge in [0.1, 0.15) is 4.88 Å². The first-order valence-corrected chi connectivity index (χ1v) is 8.37. The highest BCUT2D eigenvalue weighted by molar-refractivity contribution is 7.17. The molecule has 1 heterocycles. The van der Waals surface area contributed by atoms with E-state index in [1.807, 2.05) is 25.1 Å². The van der Waals surface area contributed by atoms with Gasteiger partial charge < -0.3 is 9.64 Å². The summed E-state index contributed by atoms with van der Waals surface area (Å²) in [6, 6.07) is 12.5. The summed E-state index contributed by atoms with van der Waals surface area (Å²) in [4.78, 5) is 26.1. The van der Waals surface area contributed by atoms with Crippen molar-refractivity contribution in [3.63, 3.8) is 0 Å². The number of anilines is 1.